The summed E-state index contributed by atoms with van der Waals surface area (Å²) in [5.74, 6) is -0.240. The highest BCUT2D eigenvalue weighted by molar-refractivity contribution is 5.25. The molecule has 0 saturated carbocycles. The molecule has 15 heavy (non-hydrogen) atoms. The smallest absolute Gasteiger partial charge is 0.126 e. The third kappa shape index (κ3) is 3.61. The van der Waals surface area contributed by atoms with Crippen LogP contribution in [0, 0.1) is 12.7 Å². The van der Waals surface area contributed by atoms with Gasteiger partial charge in [0.1, 0.15) is 5.82 Å². The number of rotatable bonds is 5. The van der Waals surface area contributed by atoms with Gasteiger partial charge in [0.05, 0.1) is 6.10 Å². The van der Waals surface area contributed by atoms with Crippen molar-refractivity contribution in [2.45, 2.75) is 26.4 Å². The Hall–Kier alpha value is -0.930. The minimum absolute atomic E-state index is 0.240. The van der Waals surface area contributed by atoms with Crippen LogP contribution in [-0.4, -0.2) is 18.3 Å². The van der Waals surface area contributed by atoms with Crippen molar-refractivity contribution in [2.24, 2.45) is 0 Å². The summed E-state index contributed by atoms with van der Waals surface area (Å²) >= 11 is 0. The van der Waals surface area contributed by atoms with E-state index in [0.717, 1.165) is 5.56 Å². The minimum Gasteiger partial charge on any atom is -0.388 e. The highest BCUT2D eigenvalue weighted by Gasteiger charge is 2.08. The molecule has 1 aromatic carbocycles. The Morgan fingerprint density at radius 3 is 2.80 bits per heavy atom. The fraction of sp³-hybridized carbons (Fsp3) is 0.500. The molecule has 0 fully saturated rings. The van der Waals surface area contributed by atoms with Gasteiger partial charge in [-0.15, -0.1) is 0 Å². The summed E-state index contributed by atoms with van der Waals surface area (Å²) in [6.45, 7) is 4.77. The largest absolute Gasteiger partial charge is 0.388 e. The van der Waals surface area contributed by atoms with Crippen LogP contribution in [0.3, 0.4) is 0 Å². The quantitative estimate of drug-likeness (QED) is 0.760. The molecule has 1 rings (SSSR count). The molecule has 0 amide bonds. The molecular formula is C12H17FO2. The zero-order valence-electron chi connectivity index (χ0n) is 9.16. The van der Waals surface area contributed by atoms with Crippen LogP contribution >= 0.6 is 0 Å². The summed E-state index contributed by atoms with van der Waals surface area (Å²) in [7, 11) is 0. The van der Waals surface area contributed by atoms with Crippen LogP contribution in [0.4, 0.5) is 4.39 Å². The molecule has 0 spiro atoms. The second-order valence-electron chi connectivity index (χ2n) is 3.51. The fourth-order valence-corrected chi connectivity index (χ4v) is 1.38. The van der Waals surface area contributed by atoms with E-state index in [0.29, 0.717) is 25.2 Å². The maximum Gasteiger partial charge on any atom is 0.126 e. The summed E-state index contributed by atoms with van der Waals surface area (Å²) in [6, 6.07) is 4.67. The van der Waals surface area contributed by atoms with E-state index >= 15 is 0 Å². The number of aliphatic hydroxyl groups is 1. The van der Waals surface area contributed by atoms with Crippen molar-refractivity contribution in [1.82, 2.24) is 0 Å². The SMILES string of the molecule is CCOCCC(O)c1ccc(F)c(C)c1. The number of hydrogen-bond donors (Lipinski definition) is 1. The number of halogens is 1. The highest BCUT2D eigenvalue weighted by Crippen LogP contribution is 2.19. The first-order chi connectivity index (χ1) is 7.15. The lowest BCUT2D eigenvalue weighted by Crippen LogP contribution is -2.03. The van der Waals surface area contributed by atoms with Crippen molar-refractivity contribution in [3.05, 3.63) is 35.1 Å². The van der Waals surface area contributed by atoms with Crippen molar-refractivity contribution < 1.29 is 14.2 Å². The van der Waals surface area contributed by atoms with E-state index in [1.807, 2.05) is 6.92 Å². The Bertz CT molecular complexity index is 312. The van der Waals surface area contributed by atoms with Crippen molar-refractivity contribution >= 4 is 0 Å². The molecule has 0 heterocycles. The Balaban J connectivity index is 2.57. The first-order valence-electron chi connectivity index (χ1n) is 5.17. The maximum atomic E-state index is 13.0. The average molecular weight is 212 g/mol. The molecule has 1 unspecified atom stereocenters. The van der Waals surface area contributed by atoms with Crippen LogP contribution in [0.1, 0.15) is 30.6 Å². The fourth-order valence-electron chi connectivity index (χ4n) is 1.38. The normalized spacial score (nSPS) is 12.8. The molecule has 1 atom stereocenters. The number of hydrogen-bond acceptors (Lipinski definition) is 2. The van der Waals surface area contributed by atoms with Gasteiger partial charge in [-0.1, -0.05) is 12.1 Å². The predicted molar refractivity (Wildman–Crippen MR) is 57.2 cm³/mol. The summed E-state index contributed by atoms with van der Waals surface area (Å²) < 4.78 is 18.1. The molecule has 1 aromatic rings. The summed E-state index contributed by atoms with van der Waals surface area (Å²) in [5.41, 5.74) is 1.30. The van der Waals surface area contributed by atoms with Gasteiger partial charge in [-0.05, 0) is 31.0 Å². The highest BCUT2D eigenvalue weighted by atomic mass is 19.1. The lowest BCUT2D eigenvalue weighted by Gasteiger charge is -2.11. The number of ether oxygens (including phenoxy) is 1. The lowest BCUT2D eigenvalue weighted by molar-refractivity contribution is 0.0885. The van der Waals surface area contributed by atoms with Gasteiger partial charge in [0, 0.05) is 19.6 Å². The summed E-state index contributed by atoms with van der Waals surface area (Å²) in [5, 5.41) is 9.76. The van der Waals surface area contributed by atoms with Crippen molar-refractivity contribution in [2.75, 3.05) is 13.2 Å². The van der Waals surface area contributed by atoms with Crippen LogP contribution < -0.4 is 0 Å². The van der Waals surface area contributed by atoms with Crippen LogP contribution in [-0.2, 0) is 4.74 Å². The molecular weight excluding hydrogens is 195 g/mol. The standard InChI is InChI=1S/C12H17FO2/c1-3-15-7-6-12(14)10-4-5-11(13)9(2)8-10/h4-5,8,12,14H,3,6-7H2,1-2H3. The second kappa shape index (κ2) is 5.83. The molecule has 1 N–H and O–H groups in total. The monoisotopic (exact) mass is 212 g/mol. The van der Waals surface area contributed by atoms with Gasteiger partial charge in [-0.3, -0.25) is 0 Å². The number of aryl methyl sites for hydroxylation is 1. The minimum atomic E-state index is -0.573. The summed E-state index contributed by atoms with van der Waals surface area (Å²) in [4.78, 5) is 0. The first-order valence-corrected chi connectivity index (χ1v) is 5.17. The predicted octanol–water partition coefficient (Wildman–Crippen LogP) is 2.59. The van der Waals surface area contributed by atoms with Crippen molar-refractivity contribution in [3.8, 4) is 0 Å². The molecule has 0 radical (unpaired) electrons. The third-order valence-corrected chi connectivity index (χ3v) is 2.31. The third-order valence-electron chi connectivity index (χ3n) is 2.31. The molecule has 0 saturated heterocycles. The van der Waals surface area contributed by atoms with E-state index < -0.39 is 6.10 Å². The molecule has 3 heteroatoms. The molecule has 84 valence electrons. The van der Waals surface area contributed by atoms with E-state index in [1.165, 1.54) is 6.07 Å². The van der Waals surface area contributed by atoms with Gasteiger partial charge < -0.3 is 9.84 Å². The Kier molecular flexibility index (Phi) is 4.72. The first kappa shape index (κ1) is 12.1. The molecule has 0 bridgehead atoms. The van der Waals surface area contributed by atoms with E-state index in [-0.39, 0.29) is 5.82 Å². The van der Waals surface area contributed by atoms with Crippen LogP contribution in [0.25, 0.3) is 0 Å². The Labute approximate surface area is 89.7 Å². The van der Waals surface area contributed by atoms with Crippen LogP contribution in [0.5, 0.6) is 0 Å². The topological polar surface area (TPSA) is 29.5 Å². The zero-order chi connectivity index (χ0) is 11.3. The molecule has 2 nitrogen and oxygen atoms in total. The number of benzene rings is 1. The second-order valence-corrected chi connectivity index (χ2v) is 3.51. The Morgan fingerprint density at radius 1 is 1.47 bits per heavy atom. The Morgan fingerprint density at radius 2 is 2.20 bits per heavy atom. The van der Waals surface area contributed by atoms with Gasteiger partial charge in [-0.2, -0.15) is 0 Å². The van der Waals surface area contributed by atoms with Crippen molar-refractivity contribution in [1.29, 1.82) is 0 Å². The van der Waals surface area contributed by atoms with E-state index in [9.17, 15) is 9.50 Å². The molecule has 0 aromatic heterocycles. The maximum absolute atomic E-state index is 13.0. The van der Waals surface area contributed by atoms with Gasteiger partial charge in [-0.25, -0.2) is 4.39 Å². The molecule has 0 aliphatic carbocycles. The van der Waals surface area contributed by atoms with Gasteiger partial charge in [0.2, 0.25) is 0 Å². The zero-order valence-corrected chi connectivity index (χ0v) is 9.16. The van der Waals surface area contributed by atoms with Crippen LogP contribution in [0.15, 0.2) is 18.2 Å². The van der Waals surface area contributed by atoms with E-state index in [2.05, 4.69) is 0 Å². The van der Waals surface area contributed by atoms with E-state index in [4.69, 9.17) is 4.74 Å². The van der Waals surface area contributed by atoms with Crippen molar-refractivity contribution in [3.63, 3.8) is 0 Å². The van der Waals surface area contributed by atoms with Gasteiger partial charge >= 0.3 is 0 Å². The lowest BCUT2D eigenvalue weighted by atomic mass is 10.0. The van der Waals surface area contributed by atoms with Gasteiger partial charge in [0.15, 0.2) is 0 Å². The summed E-state index contributed by atoms with van der Waals surface area (Å²) in [6.07, 6.45) is -0.0327. The van der Waals surface area contributed by atoms with Gasteiger partial charge in [0.25, 0.3) is 0 Å². The van der Waals surface area contributed by atoms with Crippen LogP contribution in [0.2, 0.25) is 0 Å². The number of aliphatic hydroxyl groups excluding tert-OH is 1. The van der Waals surface area contributed by atoms with E-state index in [1.54, 1.807) is 19.1 Å². The molecule has 0 aliphatic heterocycles. The molecule has 0 aliphatic rings. The average Bonchev–Trinajstić information content (AvgIpc) is 2.22.